The summed E-state index contributed by atoms with van der Waals surface area (Å²) in [7, 11) is 1.56. The lowest BCUT2D eigenvalue weighted by Crippen LogP contribution is -2.21. The lowest BCUT2D eigenvalue weighted by molar-refractivity contribution is -0.138. The zero-order chi connectivity index (χ0) is 17.0. The molecule has 0 aliphatic rings. The molecule has 2 aromatic rings. The third-order valence-electron chi connectivity index (χ3n) is 3.39. The Kier molecular flexibility index (Phi) is 4.57. The van der Waals surface area contributed by atoms with E-state index in [1.165, 1.54) is 35.2 Å². The average Bonchev–Trinajstić information content (AvgIpc) is 2.53. The molecule has 116 valence electrons. The van der Waals surface area contributed by atoms with Crippen molar-refractivity contribution in [2.24, 2.45) is 0 Å². The highest BCUT2D eigenvalue weighted by Crippen LogP contribution is 2.33. The van der Waals surface area contributed by atoms with Crippen molar-refractivity contribution in [3.63, 3.8) is 0 Å². The van der Waals surface area contributed by atoms with Gasteiger partial charge in [-0.2, -0.15) is 23.7 Å². The lowest BCUT2D eigenvalue weighted by atomic mass is 10.0. The van der Waals surface area contributed by atoms with E-state index in [1.54, 1.807) is 13.1 Å². The molecule has 3 nitrogen and oxygen atoms in total. The van der Waals surface area contributed by atoms with Crippen molar-refractivity contribution >= 4 is 5.69 Å². The second kappa shape index (κ2) is 6.41. The van der Waals surface area contributed by atoms with Gasteiger partial charge in [0.25, 0.3) is 0 Å². The van der Waals surface area contributed by atoms with Gasteiger partial charge in [0.15, 0.2) is 0 Å². The van der Waals surface area contributed by atoms with Crippen molar-refractivity contribution in [3.05, 3.63) is 64.7 Å². The van der Waals surface area contributed by atoms with Gasteiger partial charge in [0.2, 0.25) is 0 Å². The quantitative estimate of drug-likeness (QED) is 0.857. The summed E-state index contributed by atoms with van der Waals surface area (Å²) in [5.74, 6) is 0. The largest absolute Gasteiger partial charge is 0.416 e. The first kappa shape index (κ1) is 16.4. The molecule has 0 bridgehead atoms. The summed E-state index contributed by atoms with van der Waals surface area (Å²) in [5, 5.41) is 18.3. The Morgan fingerprint density at radius 2 is 1.52 bits per heavy atom. The van der Waals surface area contributed by atoms with Gasteiger partial charge in [-0.05, 0) is 23.8 Å². The van der Waals surface area contributed by atoms with Crippen LogP contribution in [0.1, 0.15) is 22.3 Å². The fourth-order valence-corrected chi connectivity index (χ4v) is 2.40. The van der Waals surface area contributed by atoms with E-state index in [9.17, 15) is 23.7 Å². The highest BCUT2D eigenvalue weighted by molar-refractivity contribution is 5.68. The van der Waals surface area contributed by atoms with E-state index in [0.29, 0.717) is 5.69 Å². The number of para-hydroxylation sites is 1. The van der Waals surface area contributed by atoms with Gasteiger partial charge in [-0.25, -0.2) is 0 Å². The number of nitriles is 2. The second-order valence-electron chi connectivity index (χ2n) is 4.94. The fraction of sp³-hybridized carbons (Fsp3) is 0.176. The van der Waals surface area contributed by atoms with Crippen LogP contribution in [0.15, 0.2) is 42.5 Å². The maximum absolute atomic E-state index is 13.1. The Hall–Kier alpha value is -2.99. The summed E-state index contributed by atoms with van der Waals surface area (Å²) in [6.45, 7) is -0.0664. The SMILES string of the molecule is CN(Cc1ccccc1C(F)(F)F)c1c(C#N)cccc1C#N. The smallest absolute Gasteiger partial charge is 0.368 e. The van der Waals surface area contributed by atoms with Crippen LogP contribution in [-0.4, -0.2) is 7.05 Å². The molecular formula is C17H12F3N3. The Labute approximate surface area is 131 Å². The first-order valence-electron chi connectivity index (χ1n) is 6.68. The Morgan fingerprint density at radius 3 is 2.04 bits per heavy atom. The van der Waals surface area contributed by atoms with Crippen LogP contribution in [0.25, 0.3) is 0 Å². The van der Waals surface area contributed by atoms with E-state index in [0.717, 1.165) is 6.07 Å². The summed E-state index contributed by atoms with van der Waals surface area (Å²) in [6.07, 6.45) is -4.45. The molecule has 0 aromatic heterocycles. The van der Waals surface area contributed by atoms with Crippen LogP contribution in [0.5, 0.6) is 0 Å². The summed E-state index contributed by atoms with van der Waals surface area (Å²) in [6, 6.07) is 13.8. The van der Waals surface area contributed by atoms with Crippen molar-refractivity contribution in [3.8, 4) is 12.1 Å². The first-order chi connectivity index (χ1) is 10.9. The van der Waals surface area contributed by atoms with Gasteiger partial charge < -0.3 is 4.90 Å². The van der Waals surface area contributed by atoms with Crippen molar-refractivity contribution in [1.82, 2.24) is 0 Å². The van der Waals surface area contributed by atoms with E-state index in [-0.39, 0.29) is 23.2 Å². The zero-order valence-electron chi connectivity index (χ0n) is 12.2. The number of benzene rings is 2. The minimum Gasteiger partial charge on any atom is -0.368 e. The molecule has 2 rings (SSSR count). The topological polar surface area (TPSA) is 50.8 Å². The molecule has 0 radical (unpaired) electrons. The van der Waals surface area contributed by atoms with Crippen molar-refractivity contribution in [2.45, 2.75) is 12.7 Å². The van der Waals surface area contributed by atoms with Crippen LogP contribution in [0.3, 0.4) is 0 Å². The van der Waals surface area contributed by atoms with Gasteiger partial charge >= 0.3 is 6.18 Å². The number of rotatable bonds is 3. The predicted molar refractivity (Wildman–Crippen MR) is 79.4 cm³/mol. The van der Waals surface area contributed by atoms with E-state index < -0.39 is 11.7 Å². The van der Waals surface area contributed by atoms with Crippen LogP contribution < -0.4 is 4.90 Å². The van der Waals surface area contributed by atoms with E-state index in [2.05, 4.69) is 0 Å². The average molecular weight is 315 g/mol. The highest BCUT2D eigenvalue weighted by atomic mass is 19.4. The van der Waals surface area contributed by atoms with E-state index in [4.69, 9.17) is 0 Å². The van der Waals surface area contributed by atoms with Crippen LogP contribution in [-0.2, 0) is 12.7 Å². The minimum absolute atomic E-state index is 0.0664. The summed E-state index contributed by atoms with van der Waals surface area (Å²) in [5.41, 5.74) is 0.181. The number of anilines is 1. The summed E-state index contributed by atoms with van der Waals surface area (Å²) >= 11 is 0. The fourth-order valence-electron chi connectivity index (χ4n) is 2.40. The van der Waals surface area contributed by atoms with E-state index in [1.807, 2.05) is 12.1 Å². The highest BCUT2D eigenvalue weighted by Gasteiger charge is 2.33. The van der Waals surface area contributed by atoms with Gasteiger partial charge in [-0.3, -0.25) is 0 Å². The molecule has 0 amide bonds. The standard InChI is InChI=1S/C17H12F3N3/c1-23(16-12(9-21)6-4-7-13(16)10-22)11-14-5-2-3-8-15(14)17(18,19)20/h2-8H,11H2,1H3. The van der Waals surface area contributed by atoms with Crippen LogP contribution in [0, 0.1) is 22.7 Å². The number of halogens is 3. The third-order valence-corrected chi connectivity index (χ3v) is 3.39. The molecule has 0 atom stereocenters. The first-order valence-corrected chi connectivity index (χ1v) is 6.68. The number of nitrogens with zero attached hydrogens (tertiary/aromatic N) is 3. The van der Waals surface area contributed by atoms with Crippen LogP contribution >= 0.6 is 0 Å². The van der Waals surface area contributed by atoms with Crippen molar-refractivity contribution in [1.29, 1.82) is 10.5 Å². The number of hydrogen-bond acceptors (Lipinski definition) is 3. The van der Waals surface area contributed by atoms with Crippen molar-refractivity contribution in [2.75, 3.05) is 11.9 Å². The van der Waals surface area contributed by atoms with Gasteiger partial charge in [0.05, 0.1) is 22.4 Å². The third kappa shape index (κ3) is 3.44. The molecule has 0 saturated heterocycles. The number of hydrogen-bond donors (Lipinski definition) is 0. The van der Waals surface area contributed by atoms with Crippen molar-refractivity contribution < 1.29 is 13.2 Å². The molecule has 0 spiro atoms. The predicted octanol–water partition coefficient (Wildman–Crippen LogP) is 4.09. The molecule has 0 saturated carbocycles. The normalized spacial score (nSPS) is 10.7. The second-order valence-corrected chi connectivity index (χ2v) is 4.94. The Bertz CT molecular complexity index is 766. The molecule has 2 aromatic carbocycles. The minimum atomic E-state index is -4.45. The zero-order valence-corrected chi connectivity index (χ0v) is 12.2. The Balaban J connectivity index is 2.45. The van der Waals surface area contributed by atoms with E-state index >= 15 is 0 Å². The molecule has 0 fully saturated rings. The summed E-state index contributed by atoms with van der Waals surface area (Å²) in [4.78, 5) is 1.49. The maximum atomic E-state index is 13.1. The molecule has 0 heterocycles. The van der Waals surface area contributed by atoms with Gasteiger partial charge in [0.1, 0.15) is 12.1 Å². The van der Waals surface area contributed by atoms with Crippen LogP contribution in [0.4, 0.5) is 18.9 Å². The molecule has 0 unspecified atom stereocenters. The molecule has 23 heavy (non-hydrogen) atoms. The van der Waals surface area contributed by atoms with Gasteiger partial charge in [-0.15, -0.1) is 0 Å². The molecule has 0 aliphatic heterocycles. The van der Waals surface area contributed by atoms with Crippen LogP contribution in [0.2, 0.25) is 0 Å². The lowest BCUT2D eigenvalue weighted by Gasteiger charge is -2.23. The monoisotopic (exact) mass is 315 g/mol. The van der Waals surface area contributed by atoms with Gasteiger partial charge in [0, 0.05) is 13.6 Å². The molecular weight excluding hydrogens is 303 g/mol. The van der Waals surface area contributed by atoms with Gasteiger partial charge in [-0.1, -0.05) is 24.3 Å². The molecule has 0 N–H and O–H groups in total. The maximum Gasteiger partial charge on any atom is 0.416 e. The summed E-state index contributed by atoms with van der Waals surface area (Å²) < 4.78 is 39.2. The number of alkyl halides is 3. The molecule has 0 aliphatic carbocycles. The Morgan fingerprint density at radius 1 is 0.957 bits per heavy atom. The molecule has 6 heteroatoms.